The van der Waals surface area contributed by atoms with Gasteiger partial charge in [0.15, 0.2) is 0 Å². The number of aromatic nitrogens is 3. The molecule has 0 N–H and O–H groups in total. The Morgan fingerprint density at radius 3 is 2.76 bits per heavy atom. The molecule has 1 saturated heterocycles. The van der Waals surface area contributed by atoms with Crippen molar-refractivity contribution in [2.24, 2.45) is 5.92 Å². The van der Waals surface area contributed by atoms with Crippen molar-refractivity contribution in [2.45, 2.75) is 39.2 Å². The number of benzene rings is 1. The Kier molecular flexibility index (Phi) is 5.36. The fraction of sp³-hybridized carbons (Fsp3) is 0.526. The van der Waals surface area contributed by atoms with Crippen LogP contribution in [0.15, 0.2) is 30.6 Å². The fourth-order valence-electron chi connectivity index (χ4n) is 3.43. The second kappa shape index (κ2) is 7.68. The second-order valence-electron chi connectivity index (χ2n) is 6.94. The minimum Gasteiger partial charge on any atom is -0.497 e. The zero-order chi connectivity index (χ0) is 17.8. The van der Waals surface area contributed by atoms with Crippen LogP contribution in [0.5, 0.6) is 5.75 Å². The maximum Gasteiger partial charge on any atom is 0.253 e. The zero-order valence-electron chi connectivity index (χ0n) is 15.2. The van der Waals surface area contributed by atoms with Crippen molar-refractivity contribution in [3.05, 3.63) is 42.0 Å². The smallest absolute Gasteiger partial charge is 0.253 e. The molecule has 1 amide bonds. The Hall–Kier alpha value is -2.37. The maximum atomic E-state index is 12.8. The van der Waals surface area contributed by atoms with Gasteiger partial charge in [-0.25, -0.2) is 0 Å². The van der Waals surface area contributed by atoms with Crippen molar-refractivity contribution in [1.29, 1.82) is 0 Å². The molecule has 1 aliphatic heterocycles. The predicted molar refractivity (Wildman–Crippen MR) is 95.7 cm³/mol. The van der Waals surface area contributed by atoms with Crippen LogP contribution in [0.4, 0.5) is 0 Å². The summed E-state index contributed by atoms with van der Waals surface area (Å²) >= 11 is 0. The van der Waals surface area contributed by atoms with Crippen molar-refractivity contribution in [2.75, 3.05) is 20.2 Å². The summed E-state index contributed by atoms with van der Waals surface area (Å²) in [5, 5.41) is 8.32. The third-order valence-electron chi connectivity index (χ3n) is 4.82. The number of carbonyl (C=O) groups excluding carboxylic acids is 1. The van der Waals surface area contributed by atoms with Gasteiger partial charge in [-0.05, 0) is 56.9 Å². The number of rotatable bonds is 5. The Labute approximate surface area is 148 Å². The summed E-state index contributed by atoms with van der Waals surface area (Å²) in [5.41, 5.74) is 0.715. The molecule has 2 aromatic rings. The lowest BCUT2D eigenvalue weighted by molar-refractivity contribution is 0.0671. The minimum atomic E-state index is 0.0951. The first-order valence-electron chi connectivity index (χ1n) is 8.90. The van der Waals surface area contributed by atoms with Crippen LogP contribution in [0.25, 0.3) is 0 Å². The van der Waals surface area contributed by atoms with Crippen LogP contribution in [0.1, 0.15) is 48.9 Å². The number of amides is 1. The van der Waals surface area contributed by atoms with Crippen molar-refractivity contribution < 1.29 is 9.53 Å². The first-order chi connectivity index (χ1) is 12.1. The lowest BCUT2D eigenvalue weighted by Gasteiger charge is -2.33. The molecular weight excluding hydrogens is 316 g/mol. The standard InChI is InChI=1S/C19H26N4O2/c1-14(2)23-13-20-21-18(23)11-15-5-4-10-22(12-15)19(24)16-6-8-17(25-3)9-7-16/h6-9,13-15H,4-5,10-12H2,1-3H3. The number of nitrogens with zero attached hydrogens (tertiary/aromatic N) is 4. The lowest BCUT2D eigenvalue weighted by atomic mass is 9.94. The number of hydrogen-bond donors (Lipinski definition) is 0. The molecule has 0 aliphatic carbocycles. The van der Waals surface area contributed by atoms with E-state index in [1.165, 1.54) is 0 Å². The number of likely N-dealkylation sites (tertiary alicyclic amines) is 1. The van der Waals surface area contributed by atoms with Gasteiger partial charge in [-0.15, -0.1) is 10.2 Å². The molecule has 134 valence electrons. The highest BCUT2D eigenvalue weighted by atomic mass is 16.5. The minimum absolute atomic E-state index is 0.0951. The molecule has 1 atom stereocenters. The largest absolute Gasteiger partial charge is 0.497 e. The Bertz CT molecular complexity index is 708. The van der Waals surface area contributed by atoms with Gasteiger partial charge in [-0.1, -0.05) is 0 Å². The van der Waals surface area contributed by atoms with E-state index in [1.807, 2.05) is 29.2 Å². The molecule has 0 spiro atoms. The average molecular weight is 342 g/mol. The maximum absolute atomic E-state index is 12.8. The van der Waals surface area contributed by atoms with Crippen LogP contribution in [0, 0.1) is 5.92 Å². The van der Waals surface area contributed by atoms with Crippen molar-refractivity contribution in [1.82, 2.24) is 19.7 Å². The van der Waals surface area contributed by atoms with E-state index in [9.17, 15) is 4.79 Å². The van der Waals surface area contributed by atoms with Gasteiger partial charge in [-0.3, -0.25) is 4.79 Å². The highest BCUT2D eigenvalue weighted by molar-refractivity contribution is 5.94. The van der Waals surface area contributed by atoms with Gasteiger partial charge in [0.25, 0.3) is 5.91 Å². The summed E-state index contributed by atoms with van der Waals surface area (Å²) < 4.78 is 7.28. The fourth-order valence-corrected chi connectivity index (χ4v) is 3.43. The van der Waals surface area contributed by atoms with Crippen molar-refractivity contribution in [3.8, 4) is 5.75 Å². The quantitative estimate of drug-likeness (QED) is 0.838. The summed E-state index contributed by atoms with van der Waals surface area (Å²) in [7, 11) is 1.63. The summed E-state index contributed by atoms with van der Waals surface area (Å²) in [6.45, 7) is 5.86. The predicted octanol–water partition coefficient (Wildman–Crippen LogP) is 2.96. The molecule has 0 radical (unpaired) electrons. The van der Waals surface area contributed by atoms with Crippen LogP contribution < -0.4 is 4.74 Å². The molecule has 1 aliphatic rings. The molecular formula is C19H26N4O2. The number of hydrogen-bond acceptors (Lipinski definition) is 4. The Morgan fingerprint density at radius 2 is 2.08 bits per heavy atom. The molecule has 25 heavy (non-hydrogen) atoms. The van der Waals surface area contributed by atoms with Gasteiger partial charge in [0.05, 0.1) is 7.11 Å². The number of piperidine rings is 1. The van der Waals surface area contributed by atoms with E-state index in [1.54, 1.807) is 13.4 Å². The molecule has 1 aromatic heterocycles. The highest BCUT2D eigenvalue weighted by Crippen LogP contribution is 2.23. The number of carbonyl (C=O) groups is 1. The van der Waals surface area contributed by atoms with Gasteiger partial charge < -0.3 is 14.2 Å². The molecule has 1 fully saturated rings. The first kappa shape index (κ1) is 17.5. The summed E-state index contributed by atoms with van der Waals surface area (Å²) in [4.78, 5) is 14.7. The SMILES string of the molecule is COc1ccc(C(=O)N2CCCC(Cc3nncn3C(C)C)C2)cc1. The lowest BCUT2D eigenvalue weighted by Crippen LogP contribution is -2.40. The van der Waals surface area contributed by atoms with E-state index in [4.69, 9.17) is 4.74 Å². The van der Waals surface area contributed by atoms with Crippen LogP contribution in [-0.2, 0) is 6.42 Å². The summed E-state index contributed by atoms with van der Waals surface area (Å²) in [5.74, 6) is 2.30. The molecule has 1 aromatic carbocycles. The average Bonchev–Trinajstić information content (AvgIpc) is 3.10. The third-order valence-corrected chi connectivity index (χ3v) is 4.82. The monoisotopic (exact) mass is 342 g/mol. The normalized spacial score (nSPS) is 17.8. The zero-order valence-corrected chi connectivity index (χ0v) is 15.2. The third kappa shape index (κ3) is 4.00. The molecule has 2 heterocycles. The van der Waals surface area contributed by atoms with Gasteiger partial charge in [0.1, 0.15) is 17.9 Å². The van der Waals surface area contributed by atoms with E-state index in [0.29, 0.717) is 17.5 Å². The van der Waals surface area contributed by atoms with E-state index in [0.717, 1.165) is 43.9 Å². The summed E-state index contributed by atoms with van der Waals surface area (Å²) in [6, 6.07) is 7.69. The van der Waals surface area contributed by atoms with Crippen molar-refractivity contribution in [3.63, 3.8) is 0 Å². The molecule has 3 rings (SSSR count). The van der Waals surface area contributed by atoms with E-state index < -0.39 is 0 Å². The van der Waals surface area contributed by atoms with E-state index >= 15 is 0 Å². The van der Waals surface area contributed by atoms with E-state index in [2.05, 4.69) is 28.6 Å². The summed E-state index contributed by atoms with van der Waals surface area (Å²) in [6.07, 6.45) is 4.81. The Balaban J connectivity index is 1.65. The first-order valence-corrected chi connectivity index (χ1v) is 8.90. The molecule has 1 unspecified atom stereocenters. The highest BCUT2D eigenvalue weighted by Gasteiger charge is 2.26. The van der Waals surface area contributed by atoms with E-state index in [-0.39, 0.29) is 5.91 Å². The van der Waals surface area contributed by atoms with Gasteiger partial charge in [0.2, 0.25) is 0 Å². The molecule has 6 nitrogen and oxygen atoms in total. The molecule has 6 heteroatoms. The topological polar surface area (TPSA) is 60.2 Å². The van der Waals surface area contributed by atoms with Crippen LogP contribution in [0.2, 0.25) is 0 Å². The van der Waals surface area contributed by atoms with Crippen LogP contribution in [-0.4, -0.2) is 45.8 Å². The van der Waals surface area contributed by atoms with Crippen LogP contribution in [0.3, 0.4) is 0 Å². The van der Waals surface area contributed by atoms with Crippen molar-refractivity contribution >= 4 is 5.91 Å². The van der Waals surface area contributed by atoms with Gasteiger partial charge in [-0.2, -0.15) is 0 Å². The molecule has 0 bridgehead atoms. The van der Waals surface area contributed by atoms with Gasteiger partial charge in [0, 0.05) is 31.1 Å². The number of methoxy groups -OCH3 is 1. The van der Waals surface area contributed by atoms with Gasteiger partial charge >= 0.3 is 0 Å². The number of ether oxygens (including phenoxy) is 1. The van der Waals surface area contributed by atoms with Crippen LogP contribution >= 0.6 is 0 Å². The molecule has 0 saturated carbocycles. The Morgan fingerprint density at radius 1 is 1.32 bits per heavy atom. The second-order valence-corrected chi connectivity index (χ2v) is 6.94.